The summed E-state index contributed by atoms with van der Waals surface area (Å²) in [6, 6.07) is 6.13. The Morgan fingerprint density at radius 1 is 1.30 bits per heavy atom. The van der Waals surface area contributed by atoms with E-state index in [-0.39, 0.29) is 0 Å². The van der Waals surface area contributed by atoms with Crippen LogP contribution in [0.1, 0.15) is 43.1 Å². The van der Waals surface area contributed by atoms with E-state index in [4.69, 9.17) is 9.47 Å². The van der Waals surface area contributed by atoms with Crippen molar-refractivity contribution in [3.05, 3.63) is 34.9 Å². The first-order valence-electron chi connectivity index (χ1n) is 7.17. The maximum Gasteiger partial charge on any atom is 0.180 e. The second-order valence-electron chi connectivity index (χ2n) is 6.69. The highest BCUT2D eigenvalue weighted by Crippen LogP contribution is 2.64. The molecule has 4 heteroatoms. The van der Waals surface area contributed by atoms with E-state index < -0.39 is 29.0 Å². The largest absolute Gasteiger partial charge is 0.387 e. The molecule has 0 saturated carbocycles. The van der Waals surface area contributed by atoms with Crippen molar-refractivity contribution in [3.63, 3.8) is 0 Å². The van der Waals surface area contributed by atoms with Gasteiger partial charge in [0.1, 0.15) is 17.8 Å². The summed E-state index contributed by atoms with van der Waals surface area (Å²) in [6.07, 6.45) is -0.875. The van der Waals surface area contributed by atoms with Gasteiger partial charge in [0.2, 0.25) is 0 Å². The molecular weight excluding hydrogens is 256 g/mol. The van der Waals surface area contributed by atoms with Gasteiger partial charge < -0.3 is 19.7 Å². The van der Waals surface area contributed by atoms with Gasteiger partial charge >= 0.3 is 0 Å². The van der Waals surface area contributed by atoms with Gasteiger partial charge in [-0.05, 0) is 31.9 Å². The van der Waals surface area contributed by atoms with Gasteiger partial charge in [-0.3, -0.25) is 0 Å². The first kappa shape index (κ1) is 12.8. The second-order valence-corrected chi connectivity index (χ2v) is 6.69. The highest BCUT2D eigenvalue weighted by atomic mass is 16.7. The van der Waals surface area contributed by atoms with Gasteiger partial charge in [0.25, 0.3) is 0 Å². The normalized spacial score (nSPS) is 49.0. The fourth-order valence-corrected chi connectivity index (χ4v) is 4.39. The average molecular weight is 276 g/mol. The summed E-state index contributed by atoms with van der Waals surface area (Å²) in [4.78, 5) is 0. The van der Waals surface area contributed by atoms with Gasteiger partial charge in [-0.1, -0.05) is 23.8 Å². The van der Waals surface area contributed by atoms with Crippen LogP contribution in [0.15, 0.2) is 18.2 Å². The highest BCUT2D eigenvalue weighted by molar-refractivity contribution is 5.49. The molecule has 20 heavy (non-hydrogen) atoms. The van der Waals surface area contributed by atoms with Gasteiger partial charge in [0.15, 0.2) is 5.79 Å². The number of hydrogen-bond acceptors (Lipinski definition) is 4. The molecule has 1 aromatic rings. The molecule has 2 fully saturated rings. The fourth-order valence-electron chi connectivity index (χ4n) is 4.39. The zero-order chi connectivity index (χ0) is 14.3. The van der Waals surface area contributed by atoms with E-state index in [1.807, 2.05) is 39.0 Å². The lowest BCUT2D eigenvalue weighted by Gasteiger charge is -2.68. The van der Waals surface area contributed by atoms with E-state index in [9.17, 15) is 10.2 Å². The number of aliphatic hydroxyl groups excluding tert-OH is 1. The average Bonchev–Trinajstić information content (AvgIpc) is 2.39. The Morgan fingerprint density at radius 2 is 2.05 bits per heavy atom. The maximum absolute atomic E-state index is 11.0. The Kier molecular flexibility index (Phi) is 2.20. The van der Waals surface area contributed by atoms with Crippen molar-refractivity contribution in [2.75, 3.05) is 6.61 Å². The summed E-state index contributed by atoms with van der Waals surface area (Å²) in [5.74, 6) is -1.27. The topological polar surface area (TPSA) is 58.9 Å². The van der Waals surface area contributed by atoms with Crippen LogP contribution in [0.3, 0.4) is 0 Å². The lowest BCUT2D eigenvalue weighted by molar-refractivity contribution is -0.412. The number of benzene rings is 1. The van der Waals surface area contributed by atoms with Crippen LogP contribution in [0.4, 0.5) is 0 Å². The standard InChI is InChI=1S/C16H20O4/c1-9-4-5-11-10(8-9)12-13(17)15(3)14(11,2)16(18,20-12)6-7-19-15/h4-5,8,12-13,17-18H,6-7H2,1-3H3/t12-,13+,14+,15-,16-/m1/s1. The lowest BCUT2D eigenvalue weighted by atomic mass is 9.52. The SMILES string of the molecule is Cc1ccc2c(c1)[C@H]1O[C@]3(O)CCO[C@](C)([C@H]1O)[C@]23C. The van der Waals surface area contributed by atoms with Crippen LogP contribution in [0.2, 0.25) is 0 Å². The van der Waals surface area contributed by atoms with Crippen molar-refractivity contribution < 1.29 is 19.7 Å². The minimum Gasteiger partial charge on any atom is -0.387 e. The third kappa shape index (κ3) is 1.11. The Balaban J connectivity index is 2.06. The predicted octanol–water partition coefficient (Wildman–Crippen LogP) is 1.57. The van der Waals surface area contributed by atoms with Gasteiger partial charge in [-0.15, -0.1) is 0 Å². The van der Waals surface area contributed by atoms with E-state index in [0.29, 0.717) is 13.0 Å². The van der Waals surface area contributed by atoms with Gasteiger partial charge in [0, 0.05) is 6.42 Å². The van der Waals surface area contributed by atoms with Crippen LogP contribution in [-0.2, 0) is 14.9 Å². The molecule has 0 radical (unpaired) electrons. The Labute approximate surface area is 118 Å². The van der Waals surface area contributed by atoms with Crippen molar-refractivity contribution in [1.29, 1.82) is 0 Å². The summed E-state index contributed by atoms with van der Waals surface area (Å²) in [5.41, 5.74) is 1.54. The zero-order valence-electron chi connectivity index (χ0n) is 12.0. The Morgan fingerprint density at radius 3 is 2.80 bits per heavy atom. The summed E-state index contributed by atoms with van der Waals surface area (Å²) < 4.78 is 11.9. The Hall–Kier alpha value is -0.940. The summed E-state index contributed by atoms with van der Waals surface area (Å²) in [6.45, 7) is 6.25. The van der Waals surface area contributed by atoms with Crippen LogP contribution in [0.5, 0.6) is 0 Å². The van der Waals surface area contributed by atoms with Crippen molar-refractivity contribution in [2.24, 2.45) is 0 Å². The second kappa shape index (κ2) is 3.45. The maximum atomic E-state index is 11.0. The molecule has 1 aromatic carbocycles. The third-order valence-corrected chi connectivity index (χ3v) is 5.84. The molecule has 5 atom stereocenters. The molecule has 0 unspecified atom stereocenters. The van der Waals surface area contributed by atoms with E-state index in [2.05, 4.69) is 0 Å². The van der Waals surface area contributed by atoms with Crippen molar-refractivity contribution in [3.8, 4) is 0 Å². The summed E-state index contributed by atoms with van der Waals surface area (Å²) >= 11 is 0. The number of aliphatic hydroxyl groups is 2. The first-order chi connectivity index (χ1) is 9.33. The molecule has 4 nitrogen and oxygen atoms in total. The summed E-state index contributed by atoms with van der Waals surface area (Å²) in [7, 11) is 0. The van der Waals surface area contributed by atoms with Gasteiger partial charge in [-0.25, -0.2) is 0 Å². The van der Waals surface area contributed by atoms with Crippen molar-refractivity contribution in [2.45, 2.75) is 56.2 Å². The lowest BCUT2D eigenvalue weighted by Crippen LogP contribution is -2.79. The molecule has 108 valence electrons. The highest BCUT2D eigenvalue weighted by Gasteiger charge is 2.74. The molecule has 3 aliphatic heterocycles. The third-order valence-electron chi connectivity index (χ3n) is 5.84. The molecule has 4 aliphatic rings. The molecule has 0 aromatic heterocycles. The van der Waals surface area contributed by atoms with E-state index >= 15 is 0 Å². The number of rotatable bonds is 0. The van der Waals surface area contributed by atoms with Crippen LogP contribution in [0.25, 0.3) is 0 Å². The van der Waals surface area contributed by atoms with Crippen LogP contribution < -0.4 is 0 Å². The number of aryl methyl sites for hydroxylation is 1. The molecule has 0 amide bonds. The van der Waals surface area contributed by atoms with E-state index in [0.717, 1.165) is 16.7 Å². The van der Waals surface area contributed by atoms with Crippen molar-refractivity contribution >= 4 is 0 Å². The van der Waals surface area contributed by atoms with Gasteiger partial charge in [0.05, 0.1) is 12.0 Å². The molecule has 5 rings (SSSR count). The van der Waals surface area contributed by atoms with Gasteiger partial charge in [-0.2, -0.15) is 0 Å². The van der Waals surface area contributed by atoms with Crippen LogP contribution in [-0.4, -0.2) is 34.3 Å². The summed E-state index contributed by atoms with van der Waals surface area (Å²) in [5, 5.41) is 21.8. The Bertz CT molecular complexity index is 600. The van der Waals surface area contributed by atoms with E-state index in [1.54, 1.807) is 0 Å². The molecule has 0 spiro atoms. The molecular formula is C16H20O4. The molecule has 3 heterocycles. The number of hydrogen-bond donors (Lipinski definition) is 2. The van der Waals surface area contributed by atoms with Crippen molar-refractivity contribution in [1.82, 2.24) is 0 Å². The quantitative estimate of drug-likeness (QED) is 0.755. The van der Waals surface area contributed by atoms with Crippen LogP contribution in [0, 0.1) is 6.92 Å². The minimum absolute atomic E-state index is 0.396. The first-order valence-corrected chi connectivity index (χ1v) is 7.17. The fraction of sp³-hybridized carbons (Fsp3) is 0.625. The molecule has 4 bridgehead atoms. The zero-order valence-corrected chi connectivity index (χ0v) is 12.0. The monoisotopic (exact) mass is 276 g/mol. The minimum atomic E-state index is -1.27. The van der Waals surface area contributed by atoms with Crippen LogP contribution >= 0.6 is 0 Å². The molecule has 2 N–H and O–H groups in total. The smallest absolute Gasteiger partial charge is 0.180 e. The van der Waals surface area contributed by atoms with E-state index in [1.165, 1.54) is 0 Å². The molecule has 1 aliphatic carbocycles. The number of ether oxygens (including phenoxy) is 2. The predicted molar refractivity (Wildman–Crippen MR) is 72.3 cm³/mol. The molecule has 2 saturated heterocycles.